The summed E-state index contributed by atoms with van der Waals surface area (Å²) in [5.41, 5.74) is 8.77. The lowest BCUT2D eigenvalue weighted by atomic mass is 10.1. The molecule has 0 radical (unpaired) electrons. The number of hydrogen-bond donors (Lipinski definition) is 2. The number of amidine groups is 1. The van der Waals surface area contributed by atoms with Crippen LogP contribution in [0.1, 0.15) is 30.9 Å². The summed E-state index contributed by atoms with van der Waals surface area (Å²) >= 11 is 0. The van der Waals surface area contributed by atoms with Gasteiger partial charge in [-0.05, 0) is 50.5 Å². The van der Waals surface area contributed by atoms with Crippen molar-refractivity contribution in [2.24, 2.45) is 10.9 Å². The molecule has 0 aromatic heterocycles. The minimum absolute atomic E-state index is 0.161. The third-order valence-electron chi connectivity index (χ3n) is 3.46. The number of hydrogen-bond acceptors (Lipinski definition) is 3. The summed E-state index contributed by atoms with van der Waals surface area (Å²) in [7, 11) is 0. The zero-order valence-electron chi connectivity index (χ0n) is 10.3. The van der Waals surface area contributed by atoms with E-state index in [1.165, 1.54) is 24.1 Å². The minimum atomic E-state index is 0.161. The van der Waals surface area contributed by atoms with E-state index in [4.69, 9.17) is 10.9 Å². The molecule has 0 spiro atoms. The fourth-order valence-corrected chi connectivity index (χ4v) is 2.49. The lowest BCUT2D eigenvalue weighted by Gasteiger charge is -2.25. The van der Waals surface area contributed by atoms with E-state index in [1.807, 2.05) is 12.1 Å². The second-order valence-corrected chi connectivity index (χ2v) is 4.67. The van der Waals surface area contributed by atoms with Crippen molar-refractivity contribution in [3.05, 3.63) is 29.3 Å². The van der Waals surface area contributed by atoms with E-state index in [1.54, 1.807) is 0 Å². The molecule has 3 N–H and O–H groups in total. The molecule has 0 aliphatic carbocycles. The Labute approximate surface area is 102 Å². The van der Waals surface area contributed by atoms with Gasteiger partial charge in [-0.3, -0.25) is 0 Å². The Kier molecular flexibility index (Phi) is 3.22. The summed E-state index contributed by atoms with van der Waals surface area (Å²) in [5, 5.41) is 11.7. The molecule has 1 aliphatic heterocycles. The van der Waals surface area contributed by atoms with Crippen molar-refractivity contribution in [1.82, 2.24) is 0 Å². The number of oxime groups is 1. The molecule has 1 aromatic carbocycles. The van der Waals surface area contributed by atoms with Gasteiger partial charge in [0.1, 0.15) is 0 Å². The van der Waals surface area contributed by atoms with Crippen LogP contribution < -0.4 is 10.6 Å². The molecule has 92 valence electrons. The second kappa shape index (κ2) is 4.65. The van der Waals surface area contributed by atoms with Crippen LogP contribution in [0.3, 0.4) is 0 Å². The Hall–Kier alpha value is -1.71. The van der Waals surface area contributed by atoms with E-state index in [0.717, 1.165) is 12.1 Å². The maximum atomic E-state index is 8.65. The molecule has 1 heterocycles. The number of nitrogens with zero attached hydrogens (tertiary/aromatic N) is 2. The molecule has 1 saturated heterocycles. The van der Waals surface area contributed by atoms with E-state index in [-0.39, 0.29) is 5.84 Å². The van der Waals surface area contributed by atoms with Crippen LogP contribution in [0.2, 0.25) is 0 Å². The summed E-state index contributed by atoms with van der Waals surface area (Å²) in [6.07, 6.45) is 2.50. The molecular weight excluding hydrogens is 214 g/mol. The largest absolute Gasteiger partial charge is 0.409 e. The van der Waals surface area contributed by atoms with E-state index >= 15 is 0 Å². The number of aryl methyl sites for hydroxylation is 1. The fraction of sp³-hybridized carbons (Fsp3) is 0.462. The van der Waals surface area contributed by atoms with Gasteiger partial charge in [0.25, 0.3) is 0 Å². The predicted octanol–water partition coefficient (Wildman–Crippen LogP) is 2.08. The average molecular weight is 233 g/mol. The zero-order chi connectivity index (χ0) is 12.4. The van der Waals surface area contributed by atoms with Crippen molar-refractivity contribution in [2.45, 2.75) is 32.7 Å². The Balaban J connectivity index is 2.31. The fourth-order valence-electron chi connectivity index (χ4n) is 2.49. The van der Waals surface area contributed by atoms with Gasteiger partial charge < -0.3 is 15.8 Å². The Morgan fingerprint density at radius 2 is 2.29 bits per heavy atom. The van der Waals surface area contributed by atoms with Crippen molar-refractivity contribution in [3.8, 4) is 0 Å². The number of benzene rings is 1. The summed E-state index contributed by atoms with van der Waals surface area (Å²) in [5.74, 6) is 0.161. The highest BCUT2D eigenvalue weighted by Gasteiger charge is 2.21. The third kappa shape index (κ3) is 2.20. The van der Waals surface area contributed by atoms with Crippen LogP contribution in [0.4, 0.5) is 5.69 Å². The maximum Gasteiger partial charge on any atom is 0.170 e. The topological polar surface area (TPSA) is 61.9 Å². The first-order valence-electron chi connectivity index (χ1n) is 5.98. The first kappa shape index (κ1) is 11.8. The van der Waals surface area contributed by atoms with E-state index in [0.29, 0.717) is 6.04 Å². The van der Waals surface area contributed by atoms with E-state index in [2.05, 4.69) is 30.0 Å². The summed E-state index contributed by atoms with van der Waals surface area (Å²) in [6.45, 7) is 5.43. The first-order valence-corrected chi connectivity index (χ1v) is 5.98. The Bertz CT molecular complexity index is 442. The number of rotatable bonds is 2. The highest BCUT2D eigenvalue weighted by molar-refractivity contribution is 5.97. The molecule has 1 aromatic rings. The van der Waals surface area contributed by atoms with Gasteiger partial charge in [0.2, 0.25) is 0 Å². The zero-order valence-corrected chi connectivity index (χ0v) is 10.3. The van der Waals surface area contributed by atoms with Crippen LogP contribution in [0.5, 0.6) is 0 Å². The van der Waals surface area contributed by atoms with Gasteiger partial charge in [-0.25, -0.2) is 0 Å². The average Bonchev–Trinajstić information content (AvgIpc) is 2.74. The SMILES string of the molecule is Cc1cc(/C(N)=N/O)ccc1N1CCCC1C. The van der Waals surface area contributed by atoms with Crippen molar-refractivity contribution in [2.75, 3.05) is 11.4 Å². The first-order chi connectivity index (χ1) is 8.13. The quantitative estimate of drug-likeness (QED) is 0.356. The van der Waals surface area contributed by atoms with Crippen molar-refractivity contribution < 1.29 is 5.21 Å². The summed E-state index contributed by atoms with van der Waals surface area (Å²) in [4.78, 5) is 2.42. The molecule has 0 saturated carbocycles. The molecule has 1 atom stereocenters. The van der Waals surface area contributed by atoms with E-state index in [9.17, 15) is 0 Å². The minimum Gasteiger partial charge on any atom is -0.409 e. The highest BCUT2D eigenvalue weighted by atomic mass is 16.4. The molecular formula is C13H19N3O. The van der Waals surface area contributed by atoms with Gasteiger partial charge in [-0.15, -0.1) is 0 Å². The third-order valence-corrected chi connectivity index (χ3v) is 3.46. The highest BCUT2D eigenvalue weighted by Crippen LogP contribution is 2.28. The van der Waals surface area contributed by atoms with Crippen LogP contribution in [-0.4, -0.2) is 23.6 Å². The Morgan fingerprint density at radius 3 is 2.82 bits per heavy atom. The van der Waals surface area contributed by atoms with Crippen LogP contribution in [0, 0.1) is 6.92 Å². The van der Waals surface area contributed by atoms with Gasteiger partial charge in [-0.1, -0.05) is 5.16 Å². The molecule has 4 nitrogen and oxygen atoms in total. The van der Waals surface area contributed by atoms with Gasteiger partial charge in [0, 0.05) is 23.8 Å². The number of nitrogens with two attached hydrogens (primary N) is 1. The lowest BCUT2D eigenvalue weighted by molar-refractivity contribution is 0.318. The molecule has 1 aliphatic rings. The van der Waals surface area contributed by atoms with Crippen molar-refractivity contribution in [1.29, 1.82) is 0 Å². The van der Waals surface area contributed by atoms with Crippen LogP contribution >= 0.6 is 0 Å². The van der Waals surface area contributed by atoms with Gasteiger partial charge in [-0.2, -0.15) is 0 Å². The van der Waals surface area contributed by atoms with Crippen molar-refractivity contribution >= 4 is 11.5 Å². The molecule has 4 heteroatoms. The molecule has 0 amide bonds. The smallest absolute Gasteiger partial charge is 0.170 e. The van der Waals surface area contributed by atoms with Gasteiger partial charge in [0.05, 0.1) is 0 Å². The van der Waals surface area contributed by atoms with E-state index < -0.39 is 0 Å². The predicted molar refractivity (Wildman–Crippen MR) is 69.7 cm³/mol. The second-order valence-electron chi connectivity index (χ2n) is 4.67. The number of anilines is 1. The molecule has 17 heavy (non-hydrogen) atoms. The van der Waals surface area contributed by atoms with Gasteiger partial charge in [0.15, 0.2) is 5.84 Å². The van der Waals surface area contributed by atoms with Crippen molar-refractivity contribution in [3.63, 3.8) is 0 Å². The normalized spacial score (nSPS) is 20.9. The lowest BCUT2D eigenvalue weighted by Crippen LogP contribution is -2.27. The molecule has 0 bridgehead atoms. The summed E-state index contributed by atoms with van der Waals surface area (Å²) < 4.78 is 0. The summed E-state index contributed by atoms with van der Waals surface area (Å²) in [6, 6.07) is 6.53. The molecule has 1 unspecified atom stereocenters. The standard InChI is InChI=1S/C13H19N3O/c1-9-8-11(13(14)15-17)5-6-12(9)16-7-3-4-10(16)2/h5-6,8,10,17H,3-4,7H2,1-2H3,(H2,14,15). The van der Waals surface area contributed by atoms with Crippen LogP contribution in [-0.2, 0) is 0 Å². The maximum absolute atomic E-state index is 8.65. The Morgan fingerprint density at radius 1 is 1.53 bits per heavy atom. The van der Waals surface area contributed by atoms with Crippen LogP contribution in [0.15, 0.2) is 23.4 Å². The van der Waals surface area contributed by atoms with Gasteiger partial charge >= 0.3 is 0 Å². The molecule has 2 rings (SSSR count). The monoisotopic (exact) mass is 233 g/mol. The van der Waals surface area contributed by atoms with Crippen LogP contribution in [0.25, 0.3) is 0 Å². The molecule has 1 fully saturated rings.